The average Bonchev–Trinajstić information content (AvgIpc) is 4.01. The Balaban J connectivity index is 0.000000181. The number of ether oxygens (including phenoxy) is 2. The highest BCUT2D eigenvalue weighted by atomic mass is 35.5. The van der Waals surface area contributed by atoms with Crippen molar-refractivity contribution in [1.29, 1.82) is 0 Å². The van der Waals surface area contributed by atoms with Crippen LogP contribution in [0.4, 0.5) is 46.3 Å². The fraction of sp³-hybridized carbons (Fsp3) is 0.167. The van der Waals surface area contributed by atoms with Gasteiger partial charge in [-0.3, -0.25) is 13.8 Å². The van der Waals surface area contributed by atoms with Crippen molar-refractivity contribution in [2.75, 3.05) is 41.6 Å². The number of aromatic nitrogens is 10. The van der Waals surface area contributed by atoms with Gasteiger partial charge in [0, 0.05) is 68.6 Å². The number of imidazole rings is 2. The van der Waals surface area contributed by atoms with Gasteiger partial charge in [-0.15, -0.1) is 0 Å². The molecule has 5 aromatic heterocycles. The summed E-state index contributed by atoms with van der Waals surface area (Å²) in [4.78, 5) is 26.2. The van der Waals surface area contributed by atoms with Crippen LogP contribution in [-0.4, -0.2) is 69.1 Å². The van der Waals surface area contributed by atoms with Crippen molar-refractivity contribution in [3.63, 3.8) is 0 Å². The largest absolute Gasteiger partial charge is 0.491 e. The highest BCUT2D eigenvalue weighted by Gasteiger charge is 2.13. The molecule has 300 valence electrons. The van der Waals surface area contributed by atoms with Crippen molar-refractivity contribution in [3.8, 4) is 17.4 Å². The van der Waals surface area contributed by atoms with E-state index < -0.39 is 0 Å². The second-order valence-electron chi connectivity index (χ2n) is 13.2. The number of hydrogen-bond acceptors (Lipinski definition) is 13. The van der Waals surface area contributed by atoms with Crippen LogP contribution in [0.25, 0.3) is 11.6 Å². The van der Waals surface area contributed by atoms with E-state index in [1.165, 1.54) is 12.7 Å². The second-order valence-corrected chi connectivity index (χ2v) is 13.6. The first-order chi connectivity index (χ1) is 28.7. The molecule has 0 aliphatic heterocycles. The lowest BCUT2D eigenvalue weighted by Gasteiger charge is -2.14. The molecule has 0 saturated carbocycles. The summed E-state index contributed by atoms with van der Waals surface area (Å²) in [6, 6.07) is 23.3. The molecule has 8 aromatic rings. The lowest BCUT2D eigenvalue weighted by atomic mass is 10.1. The molecular weight excluding hydrogens is 768 g/mol. The summed E-state index contributed by atoms with van der Waals surface area (Å²) in [6.45, 7) is 7.20. The minimum absolute atomic E-state index is 0.516. The number of rotatable bonds is 14. The Morgan fingerprint density at radius 1 is 0.627 bits per heavy atom. The van der Waals surface area contributed by atoms with Crippen molar-refractivity contribution in [3.05, 3.63) is 144 Å². The summed E-state index contributed by atoms with van der Waals surface area (Å²) >= 11 is 6.32. The summed E-state index contributed by atoms with van der Waals surface area (Å²) in [5.41, 5.74) is 6.93. The summed E-state index contributed by atoms with van der Waals surface area (Å²) in [7, 11) is 3.51. The standard InChI is InChI=1S/C24H26N6O2.C18H17ClN8/c1-17-5-4-6-18(2)23(17)29-24-25-11-12-30(24)22-15-21(26-16-27-22)28-19-7-9-20(10-8-19)32-14-13-31-3;1-12-4-3-5-14(19)17(12)25-18-20-6-7-27(18)16-8-15(21-11-22-16)24-13-9-23-26(2)10-13/h4-12,15-16H,13-14H2,1-3H3,(H,25,29)(H,26,27,28);3-11H,1-2H3,(H,20,25)(H,21,22,24). The predicted molar refractivity (Wildman–Crippen MR) is 231 cm³/mol. The van der Waals surface area contributed by atoms with Gasteiger partial charge in [-0.2, -0.15) is 5.10 Å². The molecule has 5 heterocycles. The number of methoxy groups -OCH3 is 1. The van der Waals surface area contributed by atoms with Crippen molar-refractivity contribution in [1.82, 2.24) is 48.8 Å². The molecule has 8 rings (SSSR count). The van der Waals surface area contributed by atoms with Gasteiger partial charge in [0.2, 0.25) is 11.9 Å². The fourth-order valence-electron chi connectivity index (χ4n) is 5.94. The maximum atomic E-state index is 6.32. The molecule has 59 heavy (non-hydrogen) atoms. The van der Waals surface area contributed by atoms with Gasteiger partial charge in [-0.1, -0.05) is 41.9 Å². The van der Waals surface area contributed by atoms with Gasteiger partial charge in [0.1, 0.15) is 48.3 Å². The normalized spacial score (nSPS) is 10.7. The molecule has 0 spiro atoms. The Morgan fingerprint density at radius 2 is 1.19 bits per heavy atom. The Bertz CT molecular complexity index is 2580. The molecule has 0 aliphatic rings. The minimum atomic E-state index is 0.516. The van der Waals surface area contributed by atoms with Crippen LogP contribution < -0.4 is 26.0 Å². The van der Waals surface area contributed by atoms with Gasteiger partial charge in [0.25, 0.3) is 0 Å². The molecule has 0 unspecified atom stereocenters. The molecule has 17 heteroatoms. The fourth-order valence-corrected chi connectivity index (χ4v) is 6.21. The minimum Gasteiger partial charge on any atom is -0.491 e. The summed E-state index contributed by atoms with van der Waals surface area (Å²) in [5, 5.41) is 18.0. The van der Waals surface area contributed by atoms with Crippen LogP contribution in [0.1, 0.15) is 16.7 Å². The average molecular weight is 811 g/mol. The summed E-state index contributed by atoms with van der Waals surface area (Å²) in [5.74, 6) is 4.78. The number of nitrogens with zero attached hydrogens (tertiary/aromatic N) is 10. The highest BCUT2D eigenvalue weighted by molar-refractivity contribution is 6.33. The van der Waals surface area contributed by atoms with Gasteiger partial charge >= 0.3 is 0 Å². The number of para-hydroxylation sites is 2. The van der Waals surface area contributed by atoms with Crippen LogP contribution in [0.5, 0.6) is 5.75 Å². The number of nitrogens with one attached hydrogen (secondary N) is 4. The van der Waals surface area contributed by atoms with Crippen LogP contribution >= 0.6 is 11.6 Å². The molecule has 0 aliphatic carbocycles. The maximum Gasteiger partial charge on any atom is 0.213 e. The first kappa shape index (κ1) is 39.9. The zero-order chi connectivity index (χ0) is 41.1. The zero-order valence-electron chi connectivity index (χ0n) is 33.1. The van der Waals surface area contributed by atoms with Crippen LogP contribution in [0.2, 0.25) is 5.02 Å². The monoisotopic (exact) mass is 810 g/mol. The van der Waals surface area contributed by atoms with Gasteiger partial charge < -0.3 is 30.7 Å². The van der Waals surface area contributed by atoms with Gasteiger partial charge in [-0.05, 0) is 67.8 Å². The third-order valence-electron chi connectivity index (χ3n) is 8.92. The van der Waals surface area contributed by atoms with Crippen molar-refractivity contribution >= 4 is 57.9 Å². The smallest absolute Gasteiger partial charge is 0.213 e. The maximum absolute atomic E-state index is 6.32. The molecular formula is C42H43ClN14O2. The molecule has 0 atom stereocenters. The van der Waals surface area contributed by atoms with Crippen LogP contribution in [-0.2, 0) is 11.8 Å². The Kier molecular flexibility index (Phi) is 12.7. The number of anilines is 8. The second kappa shape index (κ2) is 18.8. The number of aryl methyl sites for hydroxylation is 4. The van der Waals surface area contributed by atoms with E-state index in [2.05, 4.69) is 82.2 Å². The third-order valence-corrected chi connectivity index (χ3v) is 9.23. The molecule has 0 bridgehead atoms. The van der Waals surface area contributed by atoms with Crippen LogP contribution in [0.3, 0.4) is 0 Å². The lowest BCUT2D eigenvalue weighted by molar-refractivity contribution is 0.146. The quantitative estimate of drug-likeness (QED) is 0.0770. The van der Waals surface area contributed by atoms with Crippen LogP contribution in [0.15, 0.2) is 123 Å². The van der Waals surface area contributed by atoms with E-state index >= 15 is 0 Å². The van der Waals surface area contributed by atoms with E-state index in [0.717, 1.165) is 45.2 Å². The van der Waals surface area contributed by atoms with Gasteiger partial charge in [0.15, 0.2) is 0 Å². The van der Waals surface area contributed by atoms with E-state index in [1.807, 2.05) is 102 Å². The van der Waals surface area contributed by atoms with Crippen molar-refractivity contribution in [2.24, 2.45) is 7.05 Å². The zero-order valence-corrected chi connectivity index (χ0v) is 33.9. The molecule has 4 N–H and O–H groups in total. The molecule has 0 fully saturated rings. The number of halogens is 1. The number of benzene rings is 3. The highest BCUT2D eigenvalue weighted by Crippen LogP contribution is 2.30. The predicted octanol–water partition coefficient (Wildman–Crippen LogP) is 8.64. The Labute approximate surface area is 346 Å². The molecule has 16 nitrogen and oxygen atoms in total. The van der Waals surface area contributed by atoms with Crippen LogP contribution in [0, 0.1) is 20.8 Å². The number of hydrogen-bond donors (Lipinski definition) is 4. The van der Waals surface area contributed by atoms with E-state index in [-0.39, 0.29) is 0 Å². The topological polar surface area (TPSA) is 172 Å². The van der Waals surface area contributed by atoms with Crippen molar-refractivity contribution < 1.29 is 9.47 Å². The van der Waals surface area contributed by atoms with Gasteiger partial charge in [0.05, 0.1) is 29.2 Å². The molecule has 3 aromatic carbocycles. The van der Waals surface area contributed by atoms with Gasteiger partial charge in [-0.25, -0.2) is 29.9 Å². The molecule has 0 amide bonds. The van der Waals surface area contributed by atoms with Crippen molar-refractivity contribution in [2.45, 2.75) is 20.8 Å². The Hall–Kier alpha value is -7.30. The van der Waals surface area contributed by atoms with E-state index in [9.17, 15) is 0 Å². The SMILES string of the molecule is COCCOc1ccc(Nc2cc(-n3ccnc3Nc3c(C)cccc3C)ncn2)cc1.Cc1cccc(Cl)c1Nc1nccn1-c1cc(Nc2cnn(C)c2)ncn1. The van der Waals surface area contributed by atoms with E-state index in [1.54, 1.807) is 30.4 Å². The Morgan fingerprint density at radius 3 is 1.75 bits per heavy atom. The third kappa shape index (κ3) is 10.2. The molecule has 0 saturated heterocycles. The first-order valence-electron chi connectivity index (χ1n) is 18.6. The first-order valence-corrected chi connectivity index (χ1v) is 18.9. The molecule has 0 radical (unpaired) electrons. The summed E-state index contributed by atoms with van der Waals surface area (Å²) in [6.07, 6.45) is 13.8. The van der Waals surface area contributed by atoms with E-state index in [0.29, 0.717) is 53.4 Å². The van der Waals surface area contributed by atoms with E-state index in [4.69, 9.17) is 21.1 Å². The lowest BCUT2D eigenvalue weighted by Crippen LogP contribution is -2.06. The summed E-state index contributed by atoms with van der Waals surface area (Å²) < 4.78 is 16.0.